The molecule has 0 aliphatic heterocycles. The lowest BCUT2D eigenvalue weighted by atomic mass is 10.5. The first-order valence-corrected chi connectivity index (χ1v) is 6.36. The van der Waals surface area contributed by atoms with Crippen molar-refractivity contribution in [2.45, 2.75) is 4.90 Å². The highest BCUT2D eigenvalue weighted by atomic mass is 32.2. The van der Waals surface area contributed by atoms with Gasteiger partial charge in [0.15, 0.2) is 0 Å². The molecule has 0 N–H and O–H groups in total. The molecule has 88 valence electrons. The van der Waals surface area contributed by atoms with E-state index in [2.05, 4.69) is 9.97 Å². The largest absolute Gasteiger partial charge is 0.266 e. The Morgan fingerprint density at radius 1 is 1.12 bits per heavy atom. The lowest BCUT2D eigenvalue weighted by molar-refractivity contribution is 0.593. The summed E-state index contributed by atoms with van der Waals surface area (Å²) in [7, 11) is -2.12. The Bertz CT molecular complexity index is 585. The Balaban J connectivity index is 2.41. The van der Waals surface area contributed by atoms with E-state index in [1.165, 1.54) is 25.5 Å². The van der Waals surface area contributed by atoms with E-state index in [0.717, 1.165) is 4.31 Å². The van der Waals surface area contributed by atoms with Gasteiger partial charge in [-0.25, -0.2) is 13.4 Å². The molecule has 2 rings (SSSR count). The number of sulfonamides is 1. The van der Waals surface area contributed by atoms with Crippen LogP contribution in [0.25, 0.3) is 0 Å². The van der Waals surface area contributed by atoms with Crippen molar-refractivity contribution in [3.05, 3.63) is 48.9 Å². The first kappa shape index (κ1) is 11.5. The maximum atomic E-state index is 12.2. The molecule has 0 saturated carbocycles. The Morgan fingerprint density at radius 2 is 1.94 bits per heavy atom. The smallest absolute Gasteiger partial charge is 0.263 e. The summed E-state index contributed by atoms with van der Waals surface area (Å²) in [4.78, 5) is 7.94. The molecule has 2 heterocycles. The van der Waals surface area contributed by atoms with Crippen LogP contribution in [0.5, 0.6) is 0 Å². The molecule has 0 amide bonds. The maximum absolute atomic E-state index is 12.2. The average Bonchev–Trinajstić information content (AvgIpc) is 2.40. The predicted octanol–water partition coefficient (Wildman–Crippen LogP) is 1.30. The fraction of sp³-hybridized carbons (Fsp3) is 0.0909. The number of anilines is 1. The molecule has 2 aromatic heterocycles. The highest BCUT2D eigenvalue weighted by Crippen LogP contribution is 2.18. The number of aromatic nitrogens is 2. The van der Waals surface area contributed by atoms with Crippen molar-refractivity contribution < 1.29 is 8.42 Å². The van der Waals surface area contributed by atoms with Gasteiger partial charge in [-0.1, -0.05) is 6.07 Å². The van der Waals surface area contributed by atoms with Crippen molar-refractivity contribution in [1.82, 2.24) is 9.97 Å². The molecule has 0 fully saturated rings. The van der Waals surface area contributed by atoms with E-state index < -0.39 is 10.0 Å². The first-order chi connectivity index (χ1) is 8.12. The minimum absolute atomic E-state index is 0.146. The summed E-state index contributed by atoms with van der Waals surface area (Å²) in [5.74, 6) is 0.372. The van der Waals surface area contributed by atoms with Gasteiger partial charge in [-0.2, -0.15) is 0 Å². The minimum atomic E-state index is -3.58. The van der Waals surface area contributed by atoms with Crippen molar-refractivity contribution in [1.29, 1.82) is 0 Å². The summed E-state index contributed by atoms with van der Waals surface area (Å²) in [5.41, 5.74) is 0. The lowest BCUT2D eigenvalue weighted by Gasteiger charge is -2.17. The second-order valence-electron chi connectivity index (χ2n) is 3.35. The van der Waals surface area contributed by atoms with Gasteiger partial charge in [0.1, 0.15) is 10.7 Å². The fourth-order valence-corrected chi connectivity index (χ4v) is 2.44. The van der Waals surface area contributed by atoms with E-state index >= 15 is 0 Å². The third kappa shape index (κ3) is 2.26. The Hall–Kier alpha value is -1.95. The average molecular weight is 249 g/mol. The van der Waals surface area contributed by atoms with Crippen molar-refractivity contribution in [3.63, 3.8) is 0 Å². The van der Waals surface area contributed by atoms with Gasteiger partial charge >= 0.3 is 0 Å². The first-order valence-electron chi connectivity index (χ1n) is 4.92. The Morgan fingerprint density at radius 3 is 2.53 bits per heavy atom. The van der Waals surface area contributed by atoms with Crippen molar-refractivity contribution in [2.24, 2.45) is 0 Å². The highest BCUT2D eigenvalue weighted by molar-refractivity contribution is 7.92. The molecule has 0 aromatic carbocycles. The van der Waals surface area contributed by atoms with Crippen LogP contribution in [0.1, 0.15) is 0 Å². The van der Waals surface area contributed by atoms with Crippen LogP contribution < -0.4 is 4.31 Å². The van der Waals surface area contributed by atoms with Crippen LogP contribution in [-0.2, 0) is 10.0 Å². The van der Waals surface area contributed by atoms with E-state index in [1.807, 2.05) is 0 Å². The number of hydrogen-bond acceptors (Lipinski definition) is 4. The number of nitrogens with zero attached hydrogens (tertiary/aromatic N) is 3. The molecule has 17 heavy (non-hydrogen) atoms. The van der Waals surface area contributed by atoms with Crippen molar-refractivity contribution >= 4 is 15.8 Å². The molecule has 0 aliphatic rings. The van der Waals surface area contributed by atoms with Gasteiger partial charge in [-0.15, -0.1) is 0 Å². The lowest BCUT2D eigenvalue weighted by Crippen LogP contribution is -2.27. The fourth-order valence-electron chi connectivity index (χ4n) is 1.32. The topological polar surface area (TPSA) is 63.2 Å². The van der Waals surface area contributed by atoms with Crippen LogP contribution in [0.2, 0.25) is 0 Å². The van der Waals surface area contributed by atoms with Gasteiger partial charge in [-0.05, 0) is 24.3 Å². The Labute approximate surface area is 99.8 Å². The molecule has 6 heteroatoms. The van der Waals surface area contributed by atoms with Gasteiger partial charge in [-0.3, -0.25) is 9.29 Å². The number of hydrogen-bond donors (Lipinski definition) is 0. The molecular weight excluding hydrogens is 238 g/mol. The summed E-state index contributed by atoms with van der Waals surface area (Å²) in [6, 6.07) is 8.18. The molecule has 0 spiro atoms. The third-order valence-electron chi connectivity index (χ3n) is 2.26. The van der Waals surface area contributed by atoms with Crippen molar-refractivity contribution in [3.8, 4) is 0 Å². The predicted molar refractivity (Wildman–Crippen MR) is 64.1 cm³/mol. The van der Waals surface area contributed by atoms with Crippen LogP contribution in [0, 0.1) is 0 Å². The minimum Gasteiger partial charge on any atom is -0.263 e. The molecular formula is C11H11N3O2S. The van der Waals surface area contributed by atoms with E-state index in [4.69, 9.17) is 0 Å². The number of pyridine rings is 2. The standard InChI is InChI=1S/C11H11N3O2S/c1-14(11-6-2-3-8-13-11)17(15,16)10-5-4-7-12-9-10/h2-9H,1H3. The zero-order chi connectivity index (χ0) is 12.3. The monoisotopic (exact) mass is 249 g/mol. The highest BCUT2D eigenvalue weighted by Gasteiger charge is 2.21. The van der Waals surface area contributed by atoms with E-state index in [1.54, 1.807) is 30.5 Å². The van der Waals surface area contributed by atoms with Crippen LogP contribution in [0.3, 0.4) is 0 Å². The molecule has 5 nitrogen and oxygen atoms in total. The molecule has 0 bridgehead atoms. The zero-order valence-electron chi connectivity index (χ0n) is 9.19. The maximum Gasteiger partial charge on any atom is 0.266 e. The summed E-state index contributed by atoms with van der Waals surface area (Å²) < 4.78 is 25.5. The molecule has 0 atom stereocenters. The zero-order valence-corrected chi connectivity index (χ0v) is 10.0. The summed E-state index contributed by atoms with van der Waals surface area (Å²) in [6.07, 6.45) is 4.39. The molecule has 0 radical (unpaired) electrons. The van der Waals surface area contributed by atoms with Gasteiger partial charge in [0.25, 0.3) is 10.0 Å². The molecule has 0 unspecified atom stereocenters. The van der Waals surface area contributed by atoms with Gasteiger partial charge in [0, 0.05) is 25.6 Å². The quantitative estimate of drug-likeness (QED) is 0.822. The van der Waals surface area contributed by atoms with Crippen LogP contribution >= 0.6 is 0 Å². The van der Waals surface area contributed by atoms with E-state index in [9.17, 15) is 8.42 Å². The van der Waals surface area contributed by atoms with Crippen molar-refractivity contribution in [2.75, 3.05) is 11.4 Å². The van der Waals surface area contributed by atoms with E-state index in [0.29, 0.717) is 5.82 Å². The SMILES string of the molecule is CN(c1ccccn1)S(=O)(=O)c1cccnc1. The summed E-state index contributed by atoms with van der Waals surface area (Å²) in [6.45, 7) is 0. The van der Waals surface area contributed by atoms with Crippen LogP contribution in [0.4, 0.5) is 5.82 Å². The van der Waals surface area contributed by atoms with Gasteiger partial charge < -0.3 is 0 Å². The third-order valence-corrected chi connectivity index (χ3v) is 4.01. The Kier molecular flexibility index (Phi) is 3.06. The molecule has 0 aliphatic carbocycles. The van der Waals surface area contributed by atoms with Gasteiger partial charge in [0.2, 0.25) is 0 Å². The second-order valence-corrected chi connectivity index (χ2v) is 5.32. The summed E-state index contributed by atoms with van der Waals surface area (Å²) in [5, 5.41) is 0. The second kappa shape index (κ2) is 4.50. The molecule has 2 aromatic rings. The van der Waals surface area contributed by atoms with Crippen LogP contribution in [0.15, 0.2) is 53.8 Å². The van der Waals surface area contributed by atoms with Crippen LogP contribution in [-0.4, -0.2) is 25.4 Å². The molecule has 0 saturated heterocycles. The van der Waals surface area contributed by atoms with E-state index in [-0.39, 0.29) is 4.90 Å². The normalized spacial score (nSPS) is 11.1. The summed E-state index contributed by atoms with van der Waals surface area (Å²) >= 11 is 0. The number of rotatable bonds is 3. The van der Waals surface area contributed by atoms with Gasteiger partial charge in [0.05, 0.1) is 0 Å².